The Morgan fingerprint density at radius 1 is 1.43 bits per heavy atom. The van der Waals surface area contributed by atoms with Gasteiger partial charge >= 0.3 is 0 Å². The highest BCUT2D eigenvalue weighted by molar-refractivity contribution is 7.13. The Labute approximate surface area is 125 Å². The third kappa shape index (κ3) is 3.99. The van der Waals surface area contributed by atoms with Gasteiger partial charge in [-0.05, 0) is 30.7 Å². The molecule has 0 saturated heterocycles. The number of nitrogens with one attached hydrogen (secondary N) is 1. The van der Waals surface area contributed by atoms with Gasteiger partial charge in [0.1, 0.15) is 28.1 Å². The zero-order valence-corrected chi connectivity index (χ0v) is 12.4. The molecule has 0 atom stereocenters. The molecule has 2 rings (SSSR count). The van der Waals surface area contributed by atoms with Gasteiger partial charge in [-0.3, -0.25) is 10.2 Å². The second-order valence-corrected chi connectivity index (χ2v) is 5.43. The number of aryl methyl sites for hydroxylation is 1. The van der Waals surface area contributed by atoms with E-state index in [9.17, 15) is 9.18 Å². The number of benzene rings is 1. The number of halogens is 1. The molecule has 0 radical (unpaired) electrons. The molecule has 3 N–H and O–H groups in total. The Hall–Kier alpha value is -1.99. The average molecular weight is 309 g/mol. The molecule has 21 heavy (non-hydrogen) atoms. The molecule has 0 unspecified atom stereocenters. The second kappa shape index (κ2) is 7.14. The Morgan fingerprint density at radius 2 is 2.14 bits per heavy atom. The van der Waals surface area contributed by atoms with Gasteiger partial charge in [0.05, 0.1) is 5.69 Å². The lowest BCUT2D eigenvalue weighted by molar-refractivity contribution is 0.0956. The first kappa shape index (κ1) is 15.4. The van der Waals surface area contributed by atoms with Crippen LogP contribution in [0, 0.1) is 5.82 Å². The largest absolute Gasteiger partial charge is 0.486 e. The van der Waals surface area contributed by atoms with Crippen molar-refractivity contribution in [2.24, 2.45) is 5.84 Å². The van der Waals surface area contributed by atoms with E-state index in [-0.39, 0.29) is 18.3 Å². The monoisotopic (exact) mass is 309 g/mol. The quantitative estimate of drug-likeness (QED) is 0.488. The van der Waals surface area contributed by atoms with Crippen molar-refractivity contribution in [3.8, 4) is 5.75 Å². The van der Waals surface area contributed by atoms with Crippen LogP contribution in [0.2, 0.25) is 0 Å². The predicted octanol–water partition coefficient (Wildman–Crippen LogP) is 2.42. The van der Waals surface area contributed by atoms with Crippen molar-refractivity contribution in [3.05, 3.63) is 45.7 Å². The van der Waals surface area contributed by atoms with E-state index >= 15 is 0 Å². The summed E-state index contributed by atoms with van der Waals surface area (Å²) in [4.78, 5) is 16.6. The molecule has 2 aromatic rings. The van der Waals surface area contributed by atoms with Gasteiger partial charge in [0.25, 0.3) is 5.91 Å². The van der Waals surface area contributed by atoms with Crippen LogP contribution < -0.4 is 16.0 Å². The van der Waals surface area contributed by atoms with E-state index in [4.69, 9.17) is 10.6 Å². The minimum Gasteiger partial charge on any atom is -0.486 e. The maximum Gasteiger partial charge on any atom is 0.277 e. The molecule has 7 heteroatoms. The number of ether oxygens (including phenoxy) is 1. The lowest BCUT2D eigenvalue weighted by Gasteiger charge is -2.03. The van der Waals surface area contributed by atoms with Crippen LogP contribution in [-0.4, -0.2) is 10.9 Å². The summed E-state index contributed by atoms with van der Waals surface area (Å²) in [6, 6.07) is 5.74. The van der Waals surface area contributed by atoms with Gasteiger partial charge in [-0.15, -0.1) is 11.3 Å². The maximum absolute atomic E-state index is 12.8. The number of hydrazine groups is 1. The number of aromatic nitrogens is 1. The van der Waals surface area contributed by atoms with Gasteiger partial charge in [-0.2, -0.15) is 0 Å². The molecule has 0 aliphatic rings. The minimum atomic E-state index is -0.344. The summed E-state index contributed by atoms with van der Waals surface area (Å²) in [7, 11) is 0. The Kier molecular flexibility index (Phi) is 5.24. The van der Waals surface area contributed by atoms with Gasteiger partial charge in [0.15, 0.2) is 0 Å². The molecule has 0 aliphatic heterocycles. The molecule has 112 valence electrons. The van der Waals surface area contributed by atoms with Gasteiger partial charge in [0.2, 0.25) is 0 Å². The standard InChI is InChI=1S/C14H16FN3O2S/c1-2-3-11-13(14(19)18-16)21-12(17-11)8-20-10-6-4-9(15)5-7-10/h4-7H,2-3,8,16H2,1H3,(H,18,19). The van der Waals surface area contributed by atoms with Gasteiger partial charge in [-0.1, -0.05) is 13.3 Å². The number of hydrogen-bond donors (Lipinski definition) is 2. The molecule has 5 nitrogen and oxygen atoms in total. The lowest BCUT2D eigenvalue weighted by atomic mass is 10.2. The third-order valence-corrected chi connectivity index (χ3v) is 3.81. The van der Waals surface area contributed by atoms with Crippen LogP contribution in [0.1, 0.15) is 33.7 Å². The molecule has 0 fully saturated rings. The van der Waals surface area contributed by atoms with E-state index in [0.717, 1.165) is 12.1 Å². The smallest absolute Gasteiger partial charge is 0.277 e. The fourth-order valence-electron chi connectivity index (χ4n) is 1.79. The summed E-state index contributed by atoms with van der Waals surface area (Å²) >= 11 is 1.25. The first-order valence-corrected chi connectivity index (χ1v) is 7.33. The average Bonchev–Trinajstić information content (AvgIpc) is 2.89. The molecule has 1 aromatic carbocycles. The number of nitrogen functional groups attached to an aromatic ring is 1. The molecular weight excluding hydrogens is 293 g/mol. The van der Waals surface area contributed by atoms with Crippen molar-refractivity contribution in [2.75, 3.05) is 0 Å². The van der Waals surface area contributed by atoms with E-state index in [1.807, 2.05) is 6.92 Å². The first-order valence-electron chi connectivity index (χ1n) is 6.52. The minimum absolute atomic E-state index is 0.227. The summed E-state index contributed by atoms with van der Waals surface area (Å²) < 4.78 is 18.3. The second-order valence-electron chi connectivity index (χ2n) is 4.35. The first-order chi connectivity index (χ1) is 10.1. The highest BCUT2D eigenvalue weighted by Gasteiger charge is 2.17. The zero-order chi connectivity index (χ0) is 15.2. The number of amides is 1. The molecule has 0 saturated carbocycles. The molecular formula is C14H16FN3O2S. The van der Waals surface area contributed by atoms with Crippen molar-refractivity contribution < 1.29 is 13.9 Å². The summed E-state index contributed by atoms with van der Waals surface area (Å²) in [6.45, 7) is 2.24. The van der Waals surface area contributed by atoms with Crippen LogP contribution in [0.5, 0.6) is 5.75 Å². The number of hydrogen-bond acceptors (Lipinski definition) is 5. The normalized spacial score (nSPS) is 10.4. The van der Waals surface area contributed by atoms with E-state index in [1.54, 1.807) is 12.1 Å². The molecule has 0 bridgehead atoms. The highest BCUT2D eigenvalue weighted by atomic mass is 32.1. The Morgan fingerprint density at radius 3 is 2.76 bits per heavy atom. The maximum atomic E-state index is 12.8. The van der Waals surface area contributed by atoms with Crippen molar-refractivity contribution in [1.82, 2.24) is 10.4 Å². The number of carbonyl (C=O) groups excluding carboxylic acids is 1. The fourth-order valence-corrected chi connectivity index (χ4v) is 2.71. The zero-order valence-electron chi connectivity index (χ0n) is 11.6. The summed E-state index contributed by atoms with van der Waals surface area (Å²) in [5, 5.41) is 0.682. The van der Waals surface area contributed by atoms with E-state index in [0.29, 0.717) is 22.1 Å². The molecule has 1 amide bonds. The van der Waals surface area contributed by atoms with Crippen LogP contribution in [-0.2, 0) is 13.0 Å². The molecule has 0 spiro atoms. The Balaban J connectivity index is 2.09. The third-order valence-electron chi connectivity index (χ3n) is 2.74. The molecule has 1 heterocycles. The van der Waals surface area contributed by atoms with Gasteiger partial charge in [-0.25, -0.2) is 15.2 Å². The fraction of sp³-hybridized carbons (Fsp3) is 0.286. The van der Waals surface area contributed by atoms with Gasteiger partial charge < -0.3 is 4.74 Å². The van der Waals surface area contributed by atoms with Crippen LogP contribution in [0.25, 0.3) is 0 Å². The SMILES string of the molecule is CCCc1nc(COc2ccc(F)cc2)sc1C(=O)NN. The summed E-state index contributed by atoms with van der Waals surface area (Å²) in [5.41, 5.74) is 2.85. The van der Waals surface area contributed by atoms with E-state index < -0.39 is 0 Å². The van der Waals surface area contributed by atoms with Crippen LogP contribution in [0.3, 0.4) is 0 Å². The van der Waals surface area contributed by atoms with Crippen molar-refractivity contribution >= 4 is 17.2 Å². The van der Waals surface area contributed by atoms with E-state index in [2.05, 4.69) is 10.4 Å². The van der Waals surface area contributed by atoms with E-state index in [1.165, 1.54) is 23.5 Å². The van der Waals surface area contributed by atoms with Crippen LogP contribution >= 0.6 is 11.3 Å². The topological polar surface area (TPSA) is 77.2 Å². The number of nitrogens with zero attached hydrogens (tertiary/aromatic N) is 1. The molecule has 0 aliphatic carbocycles. The Bertz CT molecular complexity index is 613. The summed E-state index contributed by atoms with van der Waals surface area (Å²) in [5.74, 6) is 5.06. The predicted molar refractivity (Wildman–Crippen MR) is 78.5 cm³/mol. The van der Waals surface area contributed by atoms with Crippen molar-refractivity contribution in [1.29, 1.82) is 0 Å². The number of carbonyl (C=O) groups is 1. The van der Waals surface area contributed by atoms with Crippen molar-refractivity contribution in [2.45, 2.75) is 26.4 Å². The molecule has 1 aromatic heterocycles. The number of nitrogens with two attached hydrogens (primary N) is 1. The summed E-state index contributed by atoms with van der Waals surface area (Å²) in [6.07, 6.45) is 1.59. The number of rotatable bonds is 6. The lowest BCUT2D eigenvalue weighted by Crippen LogP contribution is -2.30. The number of thiazole rings is 1. The highest BCUT2D eigenvalue weighted by Crippen LogP contribution is 2.22. The van der Waals surface area contributed by atoms with Crippen molar-refractivity contribution in [3.63, 3.8) is 0 Å². The van der Waals surface area contributed by atoms with Crippen LogP contribution in [0.15, 0.2) is 24.3 Å². The van der Waals surface area contributed by atoms with Crippen LogP contribution in [0.4, 0.5) is 4.39 Å². The van der Waals surface area contributed by atoms with Gasteiger partial charge in [0, 0.05) is 0 Å².